The first-order valence-corrected chi connectivity index (χ1v) is 22.7. The van der Waals surface area contributed by atoms with Crippen LogP contribution in [-0.4, -0.2) is 33.1 Å². The number of carbonyl (C=O) groups is 2. The first kappa shape index (κ1) is 51.2. The number of aromatic carboxylic acids is 2. The molecule has 0 radical (unpaired) electrons. The van der Waals surface area contributed by atoms with E-state index in [1.807, 2.05) is 5.83 Å². The molecular formula is C51H42Br2F2O6S2. The number of carboxylic acids is 2. The normalized spacial score (nSPS) is 9.81. The molecular weight excluding hydrogens is 970 g/mol. The third kappa shape index (κ3) is 16.2. The van der Waals surface area contributed by atoms with Gasteiger partial charge in [-0.2, -0.15) is 0 Å². The molecule has 63 heavy (non-hydrogen) atoms. The van der Waals surface area contributed by atoms with Crippen LogP contribution >= 0.6 is 15.9 Å². The molecule has 8 aromatic rings. The predicted octanol–water partition coefficient (Wildman–Crippen LogP) is 9.41. The summed E-state index contributed by atoms with van der Waals surface area (Å²) in [6, 6.07) is 69.6. The van der Waals surface area contributed by atoms with Gasteiger partial charge in [-0.15, -0.1) is 0 Å². The van der Waals surface area contributed by atoms with Crippen molar-refractivity contribution in [2.75, 3.05) is 5.83 Å². The molecule has 0 fully saturated rings. The third-order valence-corrected chi connectivity index (χ3v) is 12.7. The highest BCUT2D eigenvalue weighted by molar-refractivity contribution is 9.08. The second-order valence-electron chi connectivity index (χ2n) is 12.4. The third-order valence-electron chi connectivity index (χ3n) is 8.24. The number of benzene rings is 8. The molecule has 0 bridgehead atoms. The van der Waals surface area contributed by atoms with Crippen molar-refractivity contribution >= 4 is 49.7 Å². The van der Waals surface area contributed by atoms with E-state index in [4.69, 9.17) is 15.3 Å². The molecule has 0 aliphatic carbocycles. The van der Waals surface area contributed by atoms with Crippen molar-refractivity contribution in [3.05, 3.63) is 241 Å². The first-order chi connectivity index (χ1) is 30.1. The predicted molar refractivity (Wildman–Crippen MR) is 246 cm³/mol. The molecule has 0 aliphatic rings. The van der Waals surface area contributed by atoms with E-state index in [2.05, 4.69) is 198 Å². The SMILES string of the molecule is CBr.O=C(O)c1ccc(F)cc1O.O=C(O)c1ccc(F)cc1[O-].[Br-].c1ccc([S+](c2ccccc2)c2ccccc2)cc1.c1ccc([S+](c2ccccc2)c2ccccc2)cc1. The summed E-state index contributed by atoms with van der Waals surface area (Å²) in [7, 11) is -0.0293. The van der Waals surface area contributed by atoms with Gasteiger partial charge in [0, 0.05) is 6.07 Å². The highest BCUT2D eigenvalue weighted by atomic mass is 79.9. The highest BCUT2D eigenvalue weighted by Crippen LogP contribution is 2.32. The lowest BCUT2D eigenvalue weighted by molar-refractivity contribution is -0.269. The van der Waals surface area contributed by atoms with Gasteiger partial charge in [-0.25, -0.2) is 18.4 Å². The first-order valence-electron chi connectivity index (χ1n) is 18.7. The smallest absolute Gasteiger partial charge is 0.339 e. The fourth-order valence-electron chi connectivity index (χ4n) is 5.51. The maximum Gasteiger partial charge on any atom is 0.339 e. The lowest BCUT2D eigenvalue weighted by Crippen LogP contribution is -3.00. The summed E-state index contributed by atoms with van der Waals surface area (Å²) in [5.41, 5.74) is -0.710. The van der Waals surface area contributed by atoms with Gasteiger partial charge >= 0.3 is 11.9 Å². The molecule has 322 valence electrons. The van der Waals surface area contributed by atoms with Gasteiger partial charge < -0.3 is 37.4 Å². The minimum Gasteiger partial charge on any atom is -1.00 e. The zero-order chi connectivity index (χ0) is 44.7. The summed E-state index contributed by atoms with van der Waals surface area (Å²) in [6.07, 6.45) is 0. The molecule has 0 unspecified atom stereocenters. The Balaban J connectivity index is 0.000000227. The Bertz CT molecular complexity index is 2180. The Kier molecular flexibility index (Phi) is 22.5. The average molecular weight is 1010 g/mol. The Morgan fingerprint density at radius 1 is 0.429 bits per heavy atom. The molecule has 0 saturated carbocycles. The van der Waals surface area contributed by atoms with Crippen LogP contribution in [0, 0.1) is 11.6 Å². The molecule has 0 spiro atoms. The van der Waals surface area contributed by atoms with Crippen molar-refractivity contribution in [1.82, 2.24) is 0 Å². The van der Waals surface area contributed by atoms with Crippen molar-refractivity contribution < 1.29 is 55.8 Å². The Labute approximate surface area is 390 Å². The quantitative estimate of drug-likeness (QED) is 0.103. The number of halogens is 4. The standard InChI is InChI=1S/2C18H15S.2C7H5FO3.CH3Br.BrH/c2*1-4-10-16(11-5-1)19(17-12-6-2-7-13-17)18-14-8-3-9-15-18;2*8-4-1-2-5(7(10)11)6(9)3-4;1-2;/h2*1-15H;2*1-3,9H,(H,10,11);1H3;1H/q2*+1;;;;/p-2. The summed E-state index contributed by atoms with van der Waals surface area (Å²) in [4.78, 5) is 28.6. The number of hydrogen-bond donors (Lipinski definition) is 3. The van der Waals surface area contributed by atoms with Crippen LogP contribution in [-0.2, 0) is 21.8 Å². The topological polar surface area (TPSA) is 118 Å². The van der Waals surface area contributed by atoms with Gasteiger partial charge in [-0.1, -0.05) is 131 Å². The van der Waals surface area contributed by atoms with Crippen molar-refractivity contribution in [3.8, 4) is 11.5 Å². The van der Waals surface area contributed by atoms with E-state index in [-0.39, 0.29) is 44.3 Å². The zero-order valence-corrected chi connectivity index (χ0v) is 38.5. The Hall–Kier alpha value is -6.18. The average Bonchev–Trinajstić information content (AvgIpc) is 3.30. The van der Waals surface area contributed by atoms with E-state index in [0.29, 0.717) is 6.07 Å². The highest BCUT2D eigenvalue weighted by Gasteiger charge is 2.28. The second kappa shape index (κ2) is 27.7. The molecule has 3 N–H and O–H groups in total. The molecule has 0 aromatic heterocycles. The number of carboxylic acid groups (broad SMARTS) is 2. The maximum atomic E-state index is 12.3. The van der Waals surface area contributed by atoms with Gasteiger partial charge in [0.25, 0.3) is 0 Å². The molecule has 0 atom stereocenters. The van der Waals surface area contributed by atoms with Crippen LogP contribution in [0.25, 0.3) is 0 Å². The maximum absolute atomic E-state index is 12.3. The largest absolute Gasteiger partial charge is 1.00 e. The summed E-state index contributed by atoms with van der Waals surface area (Å²) in [5, 5.41) is 36.2. The van der Waals surface area contributed by atoms with E-state index in [1.165, 1.54) is 29.4 Å². The van der Waals surface area contributed by atoms with E-state index in [0.717, 1.165) is 30.3 Å². The molecule has 0 amide bonds. The Morgan fingerprint density at radius 3 is 0.889 bits per heavy atom. The van der Waals surface area contributed by atoms with E-state index < -0.39 is 40.6 Å². The summed E-state index contributed by atoms with van der Waals surface area (Å²) < 4.78 is 24.5. The molecule has 6 nitrogen and oxygen atoms in total. The van der Waals surface area contributed by atoms with Gasteiger partial charge in [0.15, 0.2) is 29.4 Å². The number of phenols is 1. The van der Waals surface area contributed by atoms with Crippen molar-refractivity contribution in [2.45, 2.75) is 29.4 Å². The number of alkyl halides is 1. The van der Waals surface area contributed by atoms with E-state index in [9.17, 15) is 23.5 Å². The van der Waals surface area contributed by atoms with Crippen molar-refractivity contribution in [2.24, 2.45) is 0 Å². The minimum absolute atomic E-state index is 0. The van der Waals surface area contributed by atoms with Crippen LogP contribution in [0.3, 0.4) is 0 Å². The Morgan fingerprint density at radius 2 is 0.667 bits per heavy atom. The summed E-state index contributed by atoms with van der Waals surface area (Å²) >= 11 is 2.94. The van der Waals surface area contributed by atoms with Gasteiger partial charge in [-0.05, 0) is 109 Å². The van der Waals surface area contributed by atoms with Gasteiger partial charge in [0.1, 0.15) is 22.9 Å². The molecule has 8 aromatic carbocycles. The van der Waals surface area contributed by atoms with Crippen molar-refractivity contribution in [1.29, 1.82) is 0 Å². The molecule has 8 rings (SSSR count). The number of aromatic hydroxyl groups is 1. The van der Waals surface area contributed by atoms with Crippen LogP contribution < -0.4 is 22.1 Å². The molecule has 0 saturated heterocycles. The monoisotopic (exact) mass is 1010 g/mol. The lowest BCUT2D eigenvalue weighted by atomic mass is 10.2. The lowest BCUT2D eigenvalue weighted by Gasteiger charge is -2.08. The molecule has 0 heterocycles. The van der Waals surface area contributed by atoms with E-state index in [1.54, 1.807) is 0 Å². The van der Waals surface area contributed by atoms with Crippen LogP contribution in [0.2, 0.25) is 0 Å². The zero-order valence-electron chi connectivity index (χ0n) is 33.7. The van der Waals surface area contributed by atoms with Crippen molar-refractivity contribution in [3.63, 3.8) is 0 Å². The summed E-state index contributed by atoms with van der Waals surface area (Å²) in [5.74, 6) is -3.55. The fraction of sp³-hybridized carbons (Fsp3) is 0.0196. The van der Waals surface area contributed by atoms with E-state index >= 15 is 0 Å². The molecule has 12 heteroatoms. The van der Waals surface area contributed by atoms with Crippen LogP contribution in [0.5, 0.6) is 11.5 Å². The fourth-order valence-corrected chi connectivity index (χ4v) is 9.72. The van der Waals surface area contributed by atoms with Gasteiger partial charge in [-0.3, -0.25) is 0 Å². The summed E-state index contributed by atoms with van der Waals surface area (Å²) in [6.45, 7) is 0. The molecule has 0 aliphatic heterocycles. The van der Waals surface area contributed by atoms with Crippen LogP contribution in [0.1, 0.15) is 20.7 Å². The minimum atomic E-state index is -1.34. The van der Waals surface area contributed by atoms with Crippen LogP contribution in [0.15, 0.2) is 248 Å². The van der Waals surface area contributed by atoms with Gasteiger partial charge in [0.05, 0.1) is 27.4 Å². The van der Waals surface area contributed by atoms with Crippen LogP contribution in [0.4, 0.5) is 8.78 Å². The second-order valence-corrected chi connectivity index (χ2v) is 16.5. The number of hydrogen-bond acceptors (Lipinski definition) is 4. The number of rotatable bonds is 8. The van der Waals surface area contributed by atoms with Gasteiger partial charge in [0.2, 0.25) is 0 Å².